The smallest absolute Gasteiger partial charge is 0.0485 e. The minimum atomic E-state index is 0.766. The molecule has 5 aromatic rings. The van der Waals surface area contributed by atoms with Crippen LogP contribution < -0.4 is 5.73 Å². The standard InChI is InChI=1S/C22H17N3/c23-18-11-16(21-12-14-5-1-3-7-19(14)24-21)9-10-17(18)22-13-15-6-2-4-8-20(15)25-22/h1-13,24-25H,23H2. The van der Waals surface area contributed by atoms with Gasteiger partial charge in [-0.3, -0.25) is 0 Å². The molecule has 0 atom stereocenters. The van der Waals surface area contributed by atoms with Crippen LogP contribution >= 0.6 is 0 Å². The molecule has 0 saturated carbocycles. The van der Waals surface area contributed by atoms with Gasteiger partial charge in [-0.2, -0.15) is 0 Å². The molecular weight excluding hydrogens is 306 g/mol. The Bertz CT molecular complexity index is 1140. The molecule has 5 rings (SSSR count). The van der Waals surface area contributed by atoms with Crippen molar-refractivity contribution < 1.29 is 0 Å². The highest BCUT2D eigenvalue weighted by molar-refractivity contribution is 5.90. The summed E-state index contributed by atoms with van der Waals surface area (Å²) in [6, 6.07) is 27.1. The molecule has 25 heavy (non-hydrogen) atoms. The summed E-state index contributed by atoms with van der Waals surface area (Å²) in [5.74, 6) is 0. The first-order valence-corrected chi connectivity index (χ1v) is 8.34. The lowest BCUT2D eigenvalue weighted by molar-refractivity contribution is 1.43. The number of nitrogens with one attached hydrogen (secondary N) is 2. The number of para-hydroxylation sites is 2. The molecular formula is C22H17N3. The van der Waals surface area contributed by atoms with Crippen LogP contribution in [-0.4, -0.2) is 9.97 Å². The number of benzene rings is 3. The van der Waals surface area contributed by atoms with E-state index in [-0.39, 0.29) is 0 Å². The molecule has 0 fully saturated rings. The second-order valence-electron chi connectivity index (χ2n) is 6.34. The number of aromatic amines is 2. The molecule has 0 aliphatic rings. The monoisotopic (exact) mass is 323 g/mol. The van der Waals surface area contributed by atoms with Gasteiger partial charge in [-0.05, 0) is 30.3 Å². The minimum Gasteiger partial charge on any atom is -0.398 e. The molecule has 2 heterocycles. The quantitative estimate of drug-likeness (QED) is 0.366. The second kappa shape index (κ2) is 5.28. The maximum absolute atomic E-state index is 6.37. The first-order valence-electron chi connectivity index (χ1n) is 8.34. The number of anilines is 1. The fraction of sp³-hybridized carbons (Fsp3) is 0. The zero-order chi connectivity index (χ0) is 16.8. The van der Waals surface area contributed by atoms with Crippen LogP contribution in [0.1, 0.15) is 0 Å². The van der Waals surface area contributed by atoms with Crippen molar-refractivity contribution in [1.82, 2.24) is 9.97 Å². The zero-order valence-corrected chi connectivity index (χ0v) is 13.6. The molecule has 120 valence electrons. The number of hydrogen-bond acceptors (Lipinski definition) is 1. The van der Waals surface area contributed by atoms with Gasteiger partial charge in [0.2, 0.25) is 0 Å². The van der Waals surface area contributed by atoms with Crippen molar-refractivity contribution in [2.45, 2.75) is 0 Å². The summed E-state index contributed by atoms with van der Waals surface area (Å²) < 4.78 is 0. The summed E-state index contributed by atoms with van der Waals surface area (Å²) in [5, 5.41) is 2.40. The molecule has 2 aromatic heterocycles. The number of fused-ring (bicyclic) bond motifs is 2. The van der Waals surface area contributed by atoms with E-state index in [2.05, 4.69) is 58.5 Å². The largest absolute Gasteiger partial charge is 0.398 e. The fourth-order valence-corrected chi connectivity index (χ4v) is 3.42. The summed E-state index contributed by atoms with van der Waals surface area (Å²) in [5.41, 5.74) is 13.6. The molecule has 0 spiro atoms. The van der Waals surface area contributed by atoms with Gasteiger partial charge in [-0.1, -0.05) is 48.5 Å². The Balaban J connectivity index is 1.59. The van der Waals surface area contributed by atoms with Gasteiger partial charge in [0, 0.05) is 50.0 Å². The third-order valence-corrected chi connectivity index (χ3v) is 4.71. The van der Waals surface area contributed by atoms with E-state index in [1.807, 2.05) is 30.3 Å². The summed E-state index contributed by atoms with van der Waals surface area (Å²) in [6.45, 7) is 0. The third kappa shape index (κ3) is 2.29. The predicted molar refractivity (Wildman–Crippen MR) is 105 cm³/mol. The highest BCUT2D eigenvalue weighted by Gasteiger charge is 2.09. The highest BCUT2D eigenvalue weighted by atomic mass is 14.7. The van der Waals surface area contributed by atoms with Crippen molar-refractivity contribution in [1.29, 1.82) is 0 Å². The average Bonchev–Trinajstić information content (AvgIpc) is 3.25. The van der Waals surface area contributed by atoms with Crippen LogP contribution in [0, 0.1) is 0 Å². The molecule has 0 aliphatic carbocycles. The highest BCUT2D eigenvalue weighted by Crippen LogP contribution is 2.32. The van der Waals surface area contributed by atoms with E-state index in [1.54, 1.807) is 0 Å². The van der Waals surface area contributed by atoms with Gasteiger partial charge >= 0.3 is 0 Å². The van der Waals surface area contributed by atoms with E-state index in [1.165, 1.54) is 10.8 Å². The Morgan fingerprint density at radius 3 is 1.84 bits per heavy atom. The predicted octanol–water partition coefficient (Wildman–Crippen LogP) is 5.57. The molecule has 0 saturated heterocycles. The maximum Gasteiger partial charge on any atom is 0.0485 e. The lowest BCUT2D eigenvalue weighted by Crippen LogP contribution is -1.91. The van der Waals surface area contributed by atoms with E-state index in [0.717, 1.165) is 39.2 Å². The minimum absolute atomic E-state index is 0.766. The van der Waals surface area contributed by atoms with Gasteiger partial charge < -0.3 is 15.7 Å². The third-order valence-electron chi connectivity index (χ3n) is 4.71. The summed E-state index contributed by atoms with van der Waals surface area (Å²) in [4.78, 5) is 6.90. The summed E-state index contributed by atoms with van der Waals surface area (Å²) in [6.07, 6.45) is 0. The van der Waals surface area contributed by atoms with Gasteiger partial charge in [-0.25, -0.2) is 0 Å². The van der Waals surface area contributed by atoms with Crippen LogP contribution in [0.25, 0.3) is 44.3 Å². The normalized spacial score (nSPS) is 11.4. The SMILES string of the molecule is Nc1cc(-c2cc3ccccc3[nH]2)ccc1-c1cc2ccccc2[nH]1. The van der Waals surface area contributed by atoms with Crippen LogP contribution in [0.3, 0.4) is 0 Å². The molecule has 4 N–H and O–H groups in total. The van der Waals surface area contributed by atoms with Crippen molar-refractivity contribution >= 4 is 27.5 Å². The van der Waals surface area contributed by atoms with E-state index < -0.39 is 0 Å². The van der Waals surface area contributed by atoms with Crippen LogP contribution in [0.2, 0.25) is 0 Å². The lowest BCUT2D eigenvalue weighted by Gasteiger charge is -2.06. The van der Waals surface area contributed by atoms with Gasteiger partial charge in [0.05, 0.1) is 0 Å². The number of nitrogens with two attached hydrogens (primary N) is 1. The summed E-state index contributed by atoms with van der Waals surface area (Å²) >= 11 is 0. The lowest BCUT2D eigenvalue weighted by atomic mass is 10.0. The molecule has 0 bridgehead atoms. The first kappa shape index (κ1) is 13.9. The molecule has 0 radical (unpaired) electrons. The number of H-pyrrole nitrogens is 2. The fourth-order valence-electron chi connectivity index (χ4n) is 3.42. The van der Waals surface area contributed by atoms with E-state index in [9.17, 15) is 0 Å². The Morgan fingerprint density at radius 2 is 1.20 bits per heavy atom. The molecule has 3 aromatic carbocycles. The molecule has 3 nitrogen and oxygen atoms in total. The topological polar surface area (TPSA) is 57.6 Å². The van der Waals surface area contributed by atoms with E-state index >= 15 is 0 Å². The van der Waals surface area contributed by atoms with Crippen molar-refractivity contribution in [2.75, 3.05) is 5.73 Å². The Labute approximate surface area is 145 Å². The van der Waals surface area contributed by atoms with Gasteiger partial charge in [0.25, 0.3) is 0 Å². The maximum atomic E-state index is 6.37. The number of rotatable bonds is 2. The number of hydrogen-bond donors (Lipinski definition) is 3. The van der Waals surface area contributed by atoms with Crippen molar-refractivity contribution in [2.24, 2.45) is 0 Å². The van der Waals surface area contributed by atoms with Gasteiger partial charge in [0.15, 0.2) is 0 Å². The van der Waals surface area contributed by atoms with Crippen LogP contribution in [0.5, 0.6) is 0 Å². The van der Waals surface area contributed by atoms with Crippen molar-refractivity contribution in [3.63, 3.8) is 0 Å². The number of aromatic nitrogens is 2. The van der Waals surface area contributed by atoms with E-state index in [4.69, 9.17) is 5.73 Å². The number of nitrogen functional groups attached to an aromatic ring is 1. The molecule has 3 heteroatoms. The van der Waals surface area contributed by atoms with Crippen molar-refractivity contribution in [3.05, 3.63) is 78.9 Å². The molecule has 0 amide bonds. The van der Waals surface area contributed by atoms with Gasteiger partial charge in [0.1, 0.15) is 0 Å². The van der Waals surface area contributed by atoms with Crippen LogP contribution in [0.15, 0.2) is 78.9 Å². The van der Waals surface area contributed by atoms with E-state index in [0.29, 0.717) is 0 Å². The zero-order valence-electron chi connectivity index (χ0n) is 13.6. The second-order valence-corrected chi connectivity index (χ2v) is 6.34. The Morgan fingerprint density at radius 1 is 0.600 bits per heavy atom. The Hall–Kier alpha value is -3.46. The molecule has 0 aliphatic heterocycles. The Kier molecular flexibility index (Phi) is 2.94. The molecule has 0 unspecified atom stereocenters. The summed E-state index contributed by atoms with van der Waals surface area (Å²) in [7, 11) is 0. The van der Waals surface area contributed by atoms with Crippen molar-refractivity contribution in [3.8, 4) is 22.5 Å². The van der Waals surface area contributed by atoms with Crippen LogP contribution in [-0.2, 0) is 0 Å². The van der Waals surface area contributed by atoms with Gasteiger partial charge in [-0.15, -0.1) is 0 Å². The van der Waals surface area contributed by atoms with Crippen LogP contribution in [0.4, 0.5) is 5.69 Å². The average molecular weight is 323 g/mol. The first-order chi connectivity index (χ1) is 12.3.